The summed E-state index contributed by atoms with van der Waals surface area (Å²) in [6.07, 6.45) is 4.86. The van der Waals surface area contributed by atoms with Gasteiger partial charge >= 0.3 is 0 Å². The average molecular weight is 274 g/mol. The Morgan fingerprint density at radius 3 is 2.60 bits per heavy atom. The zero-order valence-electron chi connectivity index (χ0n) is 12.7. The molecule has 1 amide bonds. The zero-order chi connectivity index (χ0) is 14.6. The molecule has 110 valence electrons. The van der Waals surface area contributed by atoms with E-state index >= 15 is 0 Å². The van der Waals surface area contributed by atoms with Gasteiger partial charge < -0.3 is 10.6 Å². The number of nitrogens with two attached hydrogens (primary N) is 1. The summed E-state index contributed by atoms with van der Waals surface area (Å²) in [5.74, 6) is 0.291. The van der Waals surface area contributed by atoms with Crippen molar-refractivity contribution >= 4 is 11.6 Å². The van der Waals surface area contributed by atoms with E-state index in [1.807, 2.05) is 29.2 Å². The molecular formula is C17H26N2O. The number of anilines is 1. The lowest BCUT2D eigenvalue weighted by atomic mass is 9.85. The molecule has 20 heavy (non-hydrogen) atoms. The first-order valence-corrected chi connectivity index (χ1v) is 7.58. The van der Waals surface area contributed by atoms with Crippen LogP contribution in [0.5, 0.6) is 0 Å². The van der Waals surface area contributed by atoms with Gasteiger partial charge in [0.2, 0.25) is 5.91 Å². The summed E-state index contributed by atoms with van der Waals surface area (Å²) >= 11 is 0. The maximum atomic E-state index is 12.3. The molecular weight excluding hydrogens is 248 g/mol. The van der Waals surface area contributed by atoms with Crippen molar-refractivity contribution in [1.82, 2.24) is 4.90 Å². The molecule has 1 aliphatic rings. The number of nitrogen functional groups attached to an aromatic ring is 1. The fourth-order valence-electron chi connectivity index (χ4n) is 2.77. The molecule has 0 spiro atoms. The van der Waals surface area contributed by atoms with Crippen LogP contribution in [0.4, 0.5) is 5.69 Å². The Labute approximate surface area is 122 Å². The van der Waals surface area contributed by atoms with Gasteiger partial charge in [-0.2, -0.15) is 0 Å². The monoisotopic (exact) mass is 274 g/mol. The van der Waals surface area contributed by atoms with Gasteiger partial charge in [0.1, 0.15) is 0 Å². The molecule has 0 unspecified atom stereocenters. The molecule has 1 fully saturated rings. The van der Waals surface area contributed by atoms with Gasteiger partial charge in [-0.15, -0.1) is 0 Å². The molecule has 1 heterocycles. The smallest absolute Gasteiger partial charge is 0.222 e. The van der Waals surface area contributed by atoms with Gasteiger partial charge in [0.15, 0.2) is 0 Å². The first-order valence-electron chi connectivity index (χ1n) is 7.58. The maximum absolute atomic E-state index is 12.3. The minimum absolute atomic E-state index is 0.291. The van der Waals surface area contributed by atoms with E-state index in [-0.39, 0.29) is 0 Å². The Bertz CT molecular complexity index is 451. The number of hydrogen-bond acceptors (Lipinski definition) is 2. The van der Waals surface area contributed by atoms with Crippen LogP contribution in [-0.4, -0.2) is 23.9 Å². The predicted octanol–water partition coefficient (Wildman–Crippen LogP) is 3.24. The fourth-order valence-corrected chi connectivity index (χ4v) is 2.77. The lowest BCUT2D eigenvalue weighted by Gasteiger charge is -2.23. The van der Waals surface area contributed by atoms with Crippen LogP contribution in [0, 0.1) is 5.41 Å². The van der Waals surface area contributed by atoms with Gasteiger partial charge in [-0.1, -0.05) is 26.0 Å². The topological polar surface area (TPSA) is 46.3 Å². The summed E-state index contributed by atoms with van der Waals surface area (Å²) in [5, 5.41) is 0. The number of aryl methyl sites for hydroxylation is 1. The second-order valence-electron chi connectivity index (χ2n) is 6.64. The van der Waals surface area contributed by atoms with Crippen LogP contribution < -0.4 is 5.73 Å². The molecule has 3 nitrogen and oxygen atoms in total. The van der Waals surface area contributed by atoms with Crippen molar-refractivity contribution < 1.29 is 4.79 Å². The quantitative estimate of drug-likeness (QED) is 0.860. The Hall–Kier alpha value is -1.51. The Balaban J connectivity index is 1.84. The van der Waals surface area contributed by atoms with Crippen LogP contribution in [0.15, 0.2) is 24.3 Å². The first kappa shape index (κ1) is 14.9. The number of nitrogens with zero attached hydrogens (tertiary/aromatic N) is 1. The Morgan fingerprint density at radius 1 is 1.20 bits per heavy atom. The molecule has 1 aliphatic heterocycles. The number of rotatable bonds is 3. The molecule has 0 aromatic heterocycles. The number of hydrogen-bond donors (Lipinski definition) is 1. The highest BCUT2D eigenvalue weighted by Gasteiger charge is 2.24. The van der Waals surface area contributed by atoms with E-state index in [4.69, 9.17) is 5.73 Å². The lowest BCUT2D eigenvalue weighted by molar-refractivity contribution is -0.131. The van der Waals surface area contributed by atoms with Crippen molar-refractivity contribution in [2.45, 2.75) is 46.0 Å². The number of carbonyl (C=O) groups is 1. The Kier molecular flexibility index (Phi) is 4.69. The molecule has 0 bridgehead atoms. The Morgan fingerprint density at radius 2 is 1.90 bits per heavy atom. The largest absolute Gasteiger partial charge is 0.399 e. The van der Waals surface area contributed by atoms with Crippen molar-refractivity contribution in [3.05, 3.63) is 29.8 Å². The lowest BCUT2D eigenvalue weighted by Crippen LogP contribution is -2.32. The van der Waals surface area contributed by atoms with E-state index in [2.05, 4.69) is 13.8 Å². The first-order chi connectivity index (χ1) is 9.46. The van der Waals surface area contributed by atoms with E-state index in [1.165, 1.54) is 12.0 Å². The summed E-state index contributed by atoms with van der Waals surface area (Å²) in [5.41, 5.74) is 8.00. The second-order valence-corrected chi connectivity index (χ2v) is 6.64. The molecule has 0 aliphatic carbocycles. The molecule has 2 N–H and O–H groups in total. The van der Waals surface area contributed by atoms with Gasteiger partial charge in [0.05, 0.1) is 0 Å². The number of amides is 1. The van der Waals surface area contributed by atoms with E-state index in [0.29, 0.717) is 17.7 Å². The van der Waals surface area contributed by atoms with E-state index in [1.54, 1.807) is 0 Å². The van der Waals surface area contributed by atoms with Gasteiger partial charge in [-0.25, -0.2) is 0 Å². The van der Waals surface area contributed by atoms with Crippen LogP contribution in [0.2, 0.25) is 0 Å². The van der Waals surface area contributed by atoms with Crippen LogP contribution in [-0.2, 0) is 11.2 Å². The molecule has 1 aromatic rings. The van der Waals surface area contributed by atoms with E-state index in [9.17, 15) is 4.79 Å². The molecule has 1 aromatic carbocycles. The summed E-state index contributed by atoms with van der Waals surface area (Å²) in [6, 6.07) is 7.81. The number of benzene rings is 1. The van der Waals surface area contributed by atoms with E-state index < -0.39 is 0 Å². The van der Waals surface area contributed by atoms with E-state index in [0.717, 1.165) is 38.0 Å². The van der Waals surface area contributed by atoms with Gasteiger partial charge in [0, 0.05) is 25.2 Å². The average Bonchev–Trinajstić information content (AvgIpc) is 2.59. The standard InChI is InChI=1S/C17H26N2O/c1-17(2)10-3-12-19(13-11-17)16(20)9-6-14-4-7-15(18)8-5-14/h4-5,7-8H,3,6,9-13,18H2,1-2H3. The molecule has 0 atom stereocenters. The SMILES string of the molecule is CC1(C)CCCN(C(=O)CCc2ccc(N)cc2)CC1. The predicted molar refractivity (Wildman–Crippen MR) is 83.4 cm³/mol. The third-order valence-electron chi connectivity index (χ3n) is 4.30. The highest BCUT2D eigenvalue weighted by molar-refractivity contribution is 5.76. The van der Waals surface area contributed by atoms with Gasteiger partial charge in [-0.05, 0) is 48.8 Å². The minimum Gasteiger partial charge on any atom is -0.399 e. The molecule has 3 heteroatoms. The highest BCUT2D eigenvalue weighted by Crippen LogP contribution is 2.29. The van der Waals surface area contributed by atoms with Crippen molar-refractivity contribution in [3.63, 3.8) is 0 Å². The molecule has 1 saturated heterocycles. The summed E-state index contributed by atoms with van der Waals surface area (Å²) < 4.78 is 0. The summed E-state index contributed by atoms with van der Waals surface area (Å²) in [6.45, 7) is 6.43. The van der Waals surface area contributed by atoms with Gasteiger partial charge in [0.25, 0.3) is 0 Å². The minimum atomic E-state index is 0.291. The third kappa shape index (κ3) is 4.26. The third-order valence-corrected chi connectivity index (χ3v) is 4.30. The summed E-state index contributed by atoms with van der Waals surface area (Å²) in [7, 11) is 0. The molecule has 2 rings (SSSR count). The second kappa shape index (κ2) is 6.29. The van der Waals surface area contributed by atoms with Gasteiger partial charge in [-0.3, -0.25) is 4.79 Å². The van der Waals surface area contributed by atoms with Crippen molar-refractivity contribution in [1.29, 1.82) is 0 Å². The summed E-state index contributed by atoms with van der Waals surface area (Å²) in [4.78, 5) is 14.4. The zero-order valence-corrected chi connectivity index (χ0v) is 12.7. The van der Waals surface area contributed by atoms with Crippen LogP contribution in [0.1, 0.15) is 45.1 Å². The highest BCUT2D eigenvalue weighted by atomic mass is 16.2. The van der Waals surface area contributed by atoms with Crippen LogP contribution >= 0.6 is 0 Å². The normalized spacial score (nSPS) is 18.6. The number of likely N-dealkylation sites (tertiary alicyclic amines) is 1. The van der Waals surface area contributed by atoms with Crippen LogP contribution in [0.3, 0.4) is 0 Å². The molecule has 0 saturated carbocycles. The maximum Gasteiger partial charge on any atom is 0.222 e. The van der Waals surface area contributed by atoms with Crippen molar-refractivity contribution in [2.24, 2.45) is 5.41 Å². The fraction of sp³-hybridized carbons (Fsp3) is 0.588. The number of carbonyl (C=O) groups excluding carboxylic acids is 1. The van der Waals surface area contributed by atoms with Crippen molar-refractivity contribution in [3.8, 4) is 0 Å². The van der Waals surface area contributed by atoms with Crippen molar-refractivity contribution in [2.75, 3.05) is 18.8 Å². The molecule has 0 radical (unpaired) electrons. The van der Waals surface area contributed by atoms with Crippen LogP contribution in [0.25, 0.3) is 0 Å².